The van der Waals surface area contributed by atoms with Crippen LogP contribution in [-0.2, 0) is 9.47 Å². The molecule has 1 saturated carbocycles. The molecule has 1 aromatic carbocycles. The number of anilines is 2. The quantitative estimate of drug-likeness (QED) is 0.398. The molecule has 2 fully saturated rings. The van der Waals surface area contributed by atoms with Gasteiger partial charge in [-0.1, -0.05) is 23.8 Å². The van der Waals surface area contributed by atoms with Gasteiger partial charge in [0, 0.05) is 36.7 Å². The van der Waals surface area contributed by atoms with Crippen LogP contribution in [0.4, 0.5) is 16.2 Å². The molecule has 0 radical (unpaired) electrons. The van der Waals surface area contributed by atoms with E-state index >= 15 is 0 Å². The number of nitrogens with one attached hydrogen (secondary N) is 2. The molecule has 1 amide bonds. The van der Waals surface area contributed by atoms with Crippen LogP contribution in [0.25, 0.3) is 22.6 Å². The topological polar surface area (TPSA) is 118 Å². The van der Waals surface area contributed by atoms with E-state index in [1.54, 1.807) is 6.20 Å². The Kier molecular flexibility index (Phi) is 5.82. The average Bonchev–Trinajstić information content (AvgIpc) is 3.57. The summed E-state index contributed by atoms with van der Waals surface area (Å²) in [6, 6.07) is 5.84. The maximum absolute atomic E-state index is 11.5. The number of morpholine rings is 1. The highest BCUT2D eigenvalue weighted by Gasteiger charge is 2.47. The highest BCUT2D eigenvalue weighted by Crippen LogP contribution is 2.44. The van der Waals surface area contributed by atoms with Crippen molar-refractivity contribution in [3.63, 3.8) is 0 Å². The average molecular weight is 560 g/mol. The van der Waals surface area contributed by atoms with E-state index < -0.39 is 6.09 Å². The number of hydrogen-bond acceptors (Lipinski definition) is 7. The van der Waals surface area contributed by atoms with Crippen molar-refractivity contribution >= 4 is 56.2 Å². The molecule has 11 heteroatoms. The number of fused-ring (bicyclic) bond motifs is 3. The highest BCUT2D eigenvalue weighted by atomic mass is 79.9. The molecule has 0 spiro atoms. The molecule has 4 N–H and O–H groups in total. The lowest BCUT2D eigenvalue weighted by Gasteiger charge is -2.29. The van der Waals surface area contributed by atoms with Crippen molar-refractivity contribution in [2.24, 2.45) is 17.6 Å². The van der Waals surface area contributed by atoms with Gasteiger partial charge in [-0.2, -0.15) is 0 Å². The Morgan fingerprint density at radius 1 is 1.29 bits per heavy atom. The zero-order valence-electron chi connectivity index (χ0n) is 18.7. The van der Waals surface area contributed by atoms with Crippen LogP contribution in [0, 0.1) is 11.8 Å². The van der Waals surface area contributed by atoms with Crippen LogP contribution in [0.2, 0.25) is 5.02 Å². The third-order valence-corrected chi connectivity index (χ3v) is 7.90. The Balaban J connectivity index is 1.32. The lowest BCUT2D eigenvalue weighted by Crippen LogP contribution is -2.41. The standard InChI is InChI=1S/C24H24BrClN6O3/c25-15-11-28-23-20(19(15)29-18-12-1-2-13(9-12)21(18)35-24(27)33)30-22(31-23)14-3-4-17(16(26)10-14)32-5-7-34-8-6-32/h1-4,10-13,18,21H,5-9H2,(H2,27,33)(H2,28,29,30,31)/t12-,13+,18+,21-/m0/s1. The second-order valence-corrected chi connectivity index (χ2v) is 10.3. The number of amides is 1. The van der Waals surface area contributed by atoms with Gasteiger partial charge in [0.2, 0.25) is 0 Å². The number of rotatable bonds is 5. The minimum Gasteiger partial charge on any atom is -0.444 e. The largest absolute Gasteiger partial charge is 0.444 e. The lowest BCUT2D eigenvalue weighted by molar-refractivity contribution is 0.0854. The second kappa shape index (κ2) is 9.00. The van der Waals surface area contributed by atoms with E-state index in [4.69, 9.17) is 31.8 Å². The van der Waals surface area contributed by atoms with Crippen molar-refractivity contribution in [1.29, 1.82) is 0 Å². The molecule has 2 bridgehead atoms. The maximum Gasteiger partial charge on any atom is 0.404 e. The first kappa shape index (κ1) is 22.6. The summed E-state index contributed by atoms with van der Waals surface area (Å²) in [4.78, 5) is 26.4. The van der Waals surface area contributed by atoms with Crippen molar-refractivity contribution < 1.29 is 14.3 Å². The summed E-state index contributed by atoms with van der Waals surface area (Å²) in [6.07, 6.45) is 5.83. The molecule has 0 unspecified atom stereocenters. The number of nitrogens with two attached hydrogens (primary N) is 1. The SMILES string of the molecule is NC(=O)O[C@@H]1[C@H](Nc2c(Br)cnc3nc(-c4ccc(N5CCOCC5)c(Cl)c4)[nH]c23)[C@H]2C=C[C@@H]1C2. The molecule has 3 aromatic rings. The van der Waals surface area contributed by atoms with E-state index in [9.17, 15) is 4.79 Å². The highest BCUT2D eigenvalue weighted by molar-refractivity contribution is 9.10. The number of aromatic amines is 1. The summed E-state index contributed by atoms with van der Waals surface area (Å²) in [5, 5.41) is 4.25. The number of hydrogen-bond donors (Lipinski definition) is 3. The van der Waals surface area contributed by atoms with Crippen LogP contribution < -0.4 is 16.0 Å². The van der Waals surface area contributed by atoms with Crippen LogP contribution in [0.1, 0.15) is 6.42 Å². The fourth-order valence-corrected chi connectivity index (χ4v) is 6.07. The number of ether oxygens (including phenoxy) is 2. The fourth-order valence-electron chi connectivity index (χ4n) is 5.35. The van der Waals surface area contributed by atoms with E-state index in [0.29, 0.717) is 29.7 Å². The number of primary amides is 1. The van der Waals surface area contributed by atoms with Gasteiger partial charge < -0.3 is 30.4 Å². The third kappa shape index (κ3) is 4.13. The minimum atomic E-state index is -0.761. The summed E-state index contributed by atoms with van der Waals surface area (Å²) >= 11 is 10.3. The third-order valence-electron chi connectivity index (χ3n) is 7.00. The lowest BCUT2D eigenvalue weighted by atomic mass is 9.98. The van der Waals surface area contributed by atoms with E-state index in [2.05, 4.69) is 48.3 Å². The van der Waals surface area contributed by atoms with Gasteiger partial charge in [-0.15, -0.1) is 0 Å². The molecular weight excluding hydrogens is 536 g/mol. The van der Waals surface area contributed by atoms with Gasteiger partial charge >= 0.3 is 6.09 Å². The summed E-state index contributed by atoms with van der Waals surface area (Å²) in [7, 11) is 0. The van der Waals surface area contributed by atoms with Gasteiger partial charge in [0.05, 0.1) is 40.1 Å². The van der Waals surface area contributed by atoms with Gasteiger partial charge in [-0.25, -0.2) is 14.8 Å². The van der Waals surface area contributed by atoms with Crippen LogP contribution in [0.15, 0.2) is 41.0 Å². The van der Waals surface area contributed by atoms with Crippen LogP contribution in [0.5, 0.6) is 0 Å². The van der Waals surface area contributed by atoms with Crippen LogP contribution in [-0.4, -0.2) is 59.5 Å². The Labute approximate surface area is 215 Å². The molecule has 3 heterocycles. The Hall–Kier alpha value is -2.82. The van der Waals surface area contributed by atoms with Crippen molar-refractivity contribution in [2.45, 2.75) is 18.6 Å². The van der Waals surface area contributed by atoms with Crippen molar-refractivity contribution in [3.05, 3.63) is 46.0 Å². The Morgan fingerprint density at radius 2 is 2.09 bits per heavy atom. The molecule has 6 rings (SSSR count). The Bertz CT molecular complexity index is 1320. The van der Waals surface area contributed by atoms with Gasteiger partial charge in [0.1, 0.15) is 17.4 Å². The van der Waals surface area contributed by atoms with Crippen LogP contribution in [0.3, 0.4) is 0 Å². The molecule has 1 saturated heterocycles. The summed E-state index contributed by atoms with van der Waals surface area (Å²) in [5.41, 5.74) is 9.35. The van der Waals surface area contributed by atoms with Gasteiger partial charge in [-0.3, -0.25) is 0 Å². The predicted octanol–water partition coefficient (Wildman–Crippen LogP) is 4.33. The zero-order chi connectivity index (χ0) is 24.1. The predicted molar refractivity (Wildman–Crippen MR) is 138 cm³/mol. The number of pyridine rings is 1. The number of carbonyl (C=O) groups is 1. The van der Waals surface area contributed by atoms with Gasteiger partial charge in [0.15, 0.2) is 5.65 Å². The number of H-pyrrole nitrogens is 1. The number of carbonyl (C=O) groups excluding carboxylic acids is 1. The number of aromatic nitrogens is 3. The molecule has 182 valence electrons. The summed E-state index contributed by atoms with van der Waals surface area (Å²) < 4.78 is 11.7. The van der Waals surface area contributed by atoms with Crippen molar-refractivity contribution in [1.82, 2.24) is 15.0 Å². The van der Waals surface area contributed by atoms with Gasteiger partial charge in [-0.05, 0) is 40.5 Å². The molecule has 3 aliphatic rings. The monoisotopic (exact) mass is 558 g/mol. The normalized spacial score (nSPS) is 25.4. The molecule has 1 aliphatic heterocycles. The van der Waals surface area contributed by atoms with Crippen molar-refractivity contribution in [3.8, 4) is 11.4 Å². The first-order valence-corrected chi connectivity index (χ1v) is 12.7. The molecule has 9 nitrogen and oxygen atoms in total. The summed E-state index contributed by atoms with van der Waals surface area (Å²) in [5.74, 6) is 1.07. The van der Waals surface area contributed by atoms with E-state index in [1.807, 2.05) is 18.2 Å². The minimum absolute atomic E-state index is 0.103. The van der Waals surface area contributed by atoms with Crippen LogP contribution >= 0.6 is 27.5 Å². The molecule has 2 aliphatic carbocycles. The number of nitrogens with zero attached hydrogens (tertiary/aromatic N) is 3. The van der Waals surface area contributed by atoms with Crippen molar-refractivity contribution in [2.75, 3.05) is 36.5 Å². The fraction of sp³-hybridized carbons (Fsp3) is 0.375. The van der Waals surface area contributed by atoms with E-state index in [-0.39, 0.29) is 24.0 Å². The first-order valence-electron chi connectivity index (χ1n) is 11.6. The summed E-state index contributed by atoms with van der Waals surface area (Å²) in [6.45, 7) is 3.02. The molecule has 4 atom stereocenters. The number of halogens is 2. The maximum atomic E-state index is 11.5. The molecule has 2 aromatic heterocycles. The zero-order valence-corrected chi connectivity index (χ0v) is 21.1. The smallest absolute Gasteiger partial charge is 0.404 e. The van der Waals surface area contributed by atoms with Gasteiger partial charge in [0.25, 0.3) is 0 Å². The van der Waals surface area contributed by atoms with E-state index in [0.717, 1.165) is 46.4 Å². The number of benzene rings is 1. The Morgan fingerprint density at radius 3 is 2.86 bits per heavy atom. The number of imidazole rings is 1. The first-order chi connectivity index (χ1) is 17.0. The molecule has 35 heavy (non-hydrogen) atoms. The molecular formula is C24H24BrClN6O3. The second-order valence-electron chi connectivity index (χ2n) is 9.05. The van der Waals surface area contributed by atoms with E-state index in [1.165, 1.54) is 0 Å².